The molecular weight excluding hydrogens is 168 g/mol. The van der Waals surface area contributed by atoms with E-state index in [0.29, 0.717) is 11.3 Å². The van der Waals surface area contributed by atoms with E-state index in [9.17, 15) is 4.79 Å². The first-order valence-corrected chi connectivity index (χ1v) is 4.17. The first-order chi connectivity index (χ1) is 6.33. The number of hydrogen-bond donors (Lipinski definition) is 1. The minimum absolute atomic E-state index is 0.0783. The molecule has 13 heavy (non-hydrogen) atoms. The summed E-state index contributed by atoms with van der Waals surface area (Å²) in [5.74, 6) is 0.758. The molecule has 2 aliphatic rings. The number of aldehydes is 1. The summed E-state index contributed by atoms with van der Waals surface area (Å²) in [4.78, 5) is 10.5. The molecule has 0 bridgehead atoms. The van der Waals surface area contributed by atoms with Gasteiger partial charge in [-0.1, -0.05) is 12.2 Å². The van der Waals surface area contributed by atoms with Crippen LogP contribution in [-0.4, -0.2) is 24.1 Å². The predicted octanol–water partition coefficient (Wildman–Crippen LogP) is 0.573. The van der Waals surface area contributed by atoms with Crippen molar-refractivity contribution in [1.82, 2.24) is 0 Å². The molecule has 0 aromatic heterocycles. The lowest BCUT2D eigenvalue weighted by atomic mass is 9.95. The quantitative estimate of drug-likeness (QED) is 0.629. The summed E-state index contributed by atoms with van der Waals surface area (Å²) in [7, 11) is 0. The number of rotatable bonds is 2. The molecule has 0 spiro atoms. The Kier molecular flexibility index (Phi) is 2.02. The maximum Gasteiger partial charge on any atom is 0.149 e. The van der Waals surface area contributed by atoms with Gasteiger partial charge in [0.25, 0.3) is 0 Å². The number of allylic oxidation sites excluding steroid dienone is 2. The molecule has 3 heteroatoms. The van der Waals surface area contributed by atoms with Crippen LogP contribution in [0.4, 0.5) is 0 Å². The van der Waals surface area contributed by atoms with Gasteiger partial charge >= 0.3 is 0 Å². The molecule has 0 fully saturated rings. The zero-order chi connectivity index (χ0) is 9.26. The molecule has 0 amide bonds. The lowest BCUT2D eigenvalue weighted by molar-refractivity contribution is -0.104. The van der Waals surface area contributed by atoms with Crippen LogP contribution in [0.5, 0.6) is 0 Å². The minimum Gasteiger partial charge on any atom is -0.488 e. The molecule has 2 unspecified atom stereocenters. The molecule has 0 saturated heterocycles. The van der Waals surface area contributed by atoms with E-state index >= 15 is 0 Å². The maximum atomic E-state index is 10.5. The normalized spacial score (nSPS) is 30.2. The molecule has 1 N–H and O–H groups in total. The largest absolute Gasteiger partial charge is 0.488 e. The topological polar surface area (TPSA) is 46.5 Å². The van der Waals surface area contributed by atoms with E-state index in [1.807, 2.05) is 12.2 Å². The zero-order valence-electron chi connectivity index (χ0n) is 7.01. The van der Waals surface area contributed by atoms with E-state index in [4.69, 9.17) is 9.84 Å². The molecule has 1 aliphatic carbocycles. The highest BCUT2D eigenvalue weighted by Gasteiger charge is 2.27. The number of fused-ring (bicyclic) bond motifs is 1. The van der Waals surface area contributed by atoms with Crippen LogP contribution in [0, 0.1) is 5.92 Å². The van der Waals surface area contributed by atoms with Gasteiger partial charge in [-0.15, -0.1) is 0 Å². The Morgan fingerprint density at radius 2 is 2.38 bits per heavy atom. The maximum absolute atomic E-state index is 10.5. The van der Waals surface area contributed by atoms with Gasteiger partial charge in [-0.2, -0.15) is 0 Å². The van der Waals surface area contributed by atoms with Crippen LogP contribution >= 0.6 is 0 Å². The Morgan fingerprint density at radius 3 is 3.08 bits per heavy atom. The minimum atomic E-state index is -0.104. The zero-order valence-corrected chi connectivity index (χ0v) is 7.01. The summed E-state index contributed by atoms with van der Waals surface area (Å²) in [5, 5.41) is 8.83. The van der Waals surface area contributed by atoms with Crippen molar-refractivity contribution in [3.05, 3.63) is 35.6 Å². The lowest BCUT2D eigenvalue weighted by Gasteiger charge is -2.16. The van der Waals surface area contributed by atoms with Crippen molar-refractivity contribution >= 4 is 6.29 Å². The predicted molar refractivity (Wildman–Crippen MR) is 46.8 cm³/mol. The average Bonchev–Trinajstić information content (AvgIpc) is 2.58. The fourth-order valence-corrected chi connectivity index (χ4v) is 1.55. The van der Waals surface area contributed by atoms with Crippen LogP contribution < -0.4 is 0 Å². The number of ether oxygens (including phenoxy) is 1. The molecule has 0 aromatic carbocycles. The highest BCUT2D eigenvalue weighted by Crippen LogP contribution is 2.29. The number of carbonyl (C=O) groups is 1. The highest BCUT2D eigenvalue weighted by atomic mass is 16.5. The molecule has 2 atom stereocenters. The number of hydrogen-bond acceptors (Lipinski definition) is 3. The molecule has 0 aromatic rings. The third-order valence-corrected chi connectivity index (χ3v) is 2.20. The van der Waals surface area contributed by atoms with Crippen molar-refractivity contribution in [2.45, 2.75) is 6.10 Å². The number of aliphatic hydroxyl groups excluding tert-OH is 1. The summed E-state index contributed by atoms with van der Waals surface area (Å²) in [6.07, 6.45) is 8.03. The second-order valence-electron chi connectivity index (χ2n) is 3.09. The fourth-order valence-electron chi connectivity index (χ4n) is 1.55. The Bertz CT molecular complexity index is 312. The molecule has 3 nitrogen and oxygen atoms in total. The van der Waals surface area contributed by atoms with Gasteiger partial charge in [0.1, 0.15) is 24.8 Å². The molecule has 1 heterocycles. The molecule has 1 aliphatic heterocycles. The summed E-state index contributed by atoms with van der Waals surface area (Å²) >= 11 is 0. The van der Waals surface area contributed by atoms with Crippen molar-refractivity contribution in [2.75, 3.05) is 6.61 Å². The summed E-state index contributed by atoms with van der Waals surface area (Å²) in [6.45, 7) is -0.0783. The van der Waals surface area contributed by atoms with E-state index in [2.05, 4.69) is 0 Å². The van der Waals surface area contributed by atoms with E-state index in [1.54, 1.807) is 12.2 Å². The standard InChI is InChI=1S/C10H10O3/c11-5-7-1-2-8-4-9(6-12)13-10(8)3-7/h1-5,8,10,12H,6H2. The Hall–Kier alpha value is -1.35. The van der Waals surface area contributed by atoms with Crippen LogP contribution in [0.25, 0.3) is 0 Å². The summed E-state index contributed by atoms with van der Waals surface area (Å²) < 4.78 is 5.37. The molecule has 68 valence electrons. The van der Waals surface area contributed by atoms with Crippen molar-refractivity contribution in [1.29, 1.82) is 0 Å². The van der Waals surface area contributed by atoms with Gasteiger partial charge in [0.2, 0.25) is 0 Å². The summed E-state index contributed by atoms with van der Waals surface area (Å²) in [5.41, 5.74) is 0.633. The van der Waals surface area contributed by atoms with Gasteiger partial charge in [0, 0.05) is 11.5 Å². The second kappa shape index (κ2) is 3.18. The fraction of sp³-hybridized carbons (Fsp3) is 0.300. The SMILES string of the molecule is O=CC1=CC2OC(CO)=CC2C=C1. The van der Waals surface area contributed by atoms with Gasteiger partial charge < -0.3 is 9.84 Å². The second-order valence-corrected chi connectivity index (χ2v) is 3.09. The molecule has 2 rings (SSSR count). The summed E-state index contributed by atoms with van der Waals surface area (Å²) in [6, 6.07) is 0. The monoisotopic (exact) mass is 178 g/mol. The van der Waals surface area contributed by atoms with E-state index < -0.39 is 0 Å². The van der Waals surface area contributed by atoms with Crippen molar-refractivity contribution in [3.63, 3.8) is 0 Å². The first-order valence-electron chi connectivity index (χ1n) is 4.17. The van der Waals surface area contributed by atoms with Gasteiger partial charge in [-0.3, -0.25) is 4.79 Å². The number of carbonyl (C=O) groups excluding carboxylic acids is 1. The van der Waals surface area contributed by atoms with E-state index in [0.717, 1.165) is 6.29 Å². The van der Waals surface area contributed by atoms with Crippen molar-refractivity contribution in [2.24, 2.45) is 5.92 Å². The van der Waals surface area contributed by atoms with Gasteiger partial charge in [0.05, 0.1) is 0 Å². The number of aliphatic hydroxyl groups is 1. The van der Waals surface area contributed by atoms with Gasteiger partial charge in [0.15, 0.2) is 0 Å². The highest BCUT2D eigenvalue weighted by molar-refractivity contribution is 5.78. The average molecular weight is 178 g/mol. The van der Waals surface area contributed by atoms with Crippen molar-refractivity contribution in [3.8, 4) is 0 Å². The molecule has 0 saturated carbocycles. The van der Waals surface area contributed by atoms with E-state index in [-0.39, 0.29) is 18.6 Å². The Morgan fingerprint density at radius 1 is 1.54 bits per heavy atom. The van der Waals surface area contributed by atoms with Crippen LogP contribution in [0.2, 0.25) is 0 Å². The Labute approximate surface area is 76.0 Å². The van der Waals surface area contributed by atoms with Gasteiger partial charge in [-0.05, 0) is 12.2 Å². The molecular formula is C10H10O3. The third kappa shape index (κ3) is 1.42. The van der Waals surface area contributed by atoms with Crippen molar-refractivity contribution < 1.29 is 14.6 Å². The van der Waals surface area contributed by atoms with Gasteiger partial charge in [-0.25, -0.2) is 0 Å². The Balaban J connectivity index is 2.18. The van der Waals surface area contributed by atoms with E-state index in [1.165, 1.54) is 0 Å². The van der Waals surface area contributed by atoms with Crippen LogP contribution in [0.1, 0.15) is 0 Å². The van der Waals surface area contributed by atoms with Crippen LogP contribution in [0.15, 0.2) is 35.6 Å². The van der Waals surface area contributed by atoms with Crippen LogP contribution in [-0.2, 0) is 9.53 Å². The smallest absolute Gasteiger partial charge is 0.149 e. The lowest BCUT2D eigenvalue weighted by Crippen LogP contribution is -2.16. The first kappa shape index (κ1) is 8.26. The van der Waals surface area contributed by atoms with Crippen LogP contribution in [0.3, 0.4) is 0 Å². The third-order valence-electron chi connectivity index (χ3n) is 2.20. The molecule has 0 radical (unpaired) electrons.